The molecule has 2 unspecified atom stereocenters. The molecule has 0 spiro atoms. The molecule has 0 bridgehead atoms. The van der Waals surface area contributed by atoms with Crippen LogP contribution in [0.5, 0.6) is 5.75 Å². The van der Waals surface area contributed by atoms with Crippen LogP contribution in [0.1, 0.15) is 48.0 Å². The molecule has 160 valence electrons. The normalized spacial score (nSPS) is 16.3. The molecule has 0 fully saturated rings. The molecule has 1 aromatic heterocycles. The van der Waals surface area contributed by atoms with Crippen LogP contribution in [0.15, 0.2) is 24.3 Å². The first-order chi connectivity index (χ1) is 14.3. The number of thiophene rings is 1. The molecule has 0 radical (unpaired) electrons. The quantitative estimate of drug-likeness (QED) is 0.396. The van der Waals surface area contributed by atoms with Crippen molar-refractivity contribution in [2.24, 2.45) is 5.92 Å². The molecule has 0 aliphatic heterocycles. The number of hydrogen-bond donors (Lipinski definition) is 1. The Morgan fingerprint density at radius 3 is 2.67 bits per heavy atom. The summed E-state index contributed by atoms with van der Waals surface area (Å²) in [5.74, 6) is 0.0293. The van der Waals surface area contributed by atoms with Gasteiger partial charge in [0.1, 0.15) is 10.8 Å². The number of carbonyl (C=O) groups is 2. The van der Waals surface area contributed by atoms with Crippen molar-refractivity contribution in [3.8, 4) is 5.75 Å². The van der Waals surface area contributed by atoms with Crippen molar-refractivity contribution in [2.45, 2.75) is 46.1 Å². The molecular weight excluding hydrogens is 408 g/mol. The van der Waals surface area contributed by atoms with E-state index in [1.807, 2.05) is 0 Å². The van der Waals surface area contributed by atoms with Gasteiger partial charge in [-0.15, -0.1) is 11.3 Å². The van der Waals surface area contributed by atoms with Gasteiger partial charge in [0.25, 0.3) is 11.6 Å². The Labute approximate surface area is 178 Å². The first kappa shape index (κ1) is 21.8. The number of nitrogens with one attached hydrogen (secondary N) is 1. The first-order valence-corrected chi connectivity index (χ1v) is 10.6. The molecule has 8 nitrogen and oxygen atoms in total. The molecule has 0 saturated heterocycles. The summed E-state index contributed by atoms with van der Waals surface area (Å²) in [6.07, 6.45) is 1.78. The molecular formula is C21H24N2O6S. The molecule has 1 aromatic carbocycles. The first-order valence-electron chi connectivity index (χ1n) is 9.83. The molecule has 1 amide bonds. The molecule has 1 aliphatic carbocycles. The Balaban J connectivity index is 1.76. The standard InChI is InChI=1S/C21H24N2O6S/c1-4-28-21(25)18-16-10-5-12(2)11-17(16)30-20(18)22-19(24)13(3)29-15-8-6-14(7-9-15)23(26)27/h6-9,12-13H,4-5,10-11H2,1-3H3,(H,22,24). The zero-order valence-electron chi connectivity index (χ0n) is 17.1. The number of fused-ring (bicyclic) bond motifs is 1. The van der Waals surface area contributed by atoms with Crippen molar-refractivity contribution >= 4 is 33.9 Å². The number of anilines is 1. The predicted molar refractivity (Wildman–Crippen MR) is 113 cm³/mol. The van der Waals surface area contributed by atoms with Gasteiger partial charge in [0.2, 0.25) is 0 Å². The molecule has 1 N–H and O–H groups in total. The third kappa shape index (κ3) is 4.79. The summed E-state index contributed by atoms with van der Waals surface area (Å²) in [5.41, 5.74) is 1.35. The summed E-state index contributed by atoms with van der Waals surface area (Å²) in [6.45, 7) is 5.76. The van der Waals surface area contributed by atoms with Gasteiger partial charge in [0, 0.05) is 17.0 Å². The van der Waals surface area contributed by atoms with Crippen LogP contribution in [0, 0.1) is 16.0 Å². The number of carbonyl (C=O) groups excluding carboxylic acids is 2. The van der Waals surface area contributed by atoms with Crippen LogP contribution in [0.4, 0.5) is 10.7 Å². The number of non-ortho nitro benzene ring substituents is 1. The zero-order chi connectivity index (χ0) is 21.8. The highest BCUT2D eigenvalue weighted by Gasteiger charge is 2.30. The Morgan fingerprint density at radius 1 is 1.33 bits per heavy atom. The highest BCUT2D eigenvalue weighted by Crippen LogP contribution is 2.40. The van der Waals surface area contributed by atoms with Crippen LogP contribution in [0.2, 0.25) is 0 Å². The molecule has 30 heavy (non-hydrogen) atoms. The van der Waals surface area contributed by atoms with E-state index in [9.17, 15) is 19.7 Å². The monoisotopic (exact) mass is 432 g/mol. The fourth-order valence-electron chi connectivity index (χ4n) is 3.38. The fraction of sp³-hybridized carbons (Fsp3) is 0.429. The molecule has 2 atom stereocenters. The summed E-state index contributed by atoms with van der Waals surface area (Å²) < 4.78 is 10.8. The third-order valence-electron chi connectivity index (χ3n) is 4.96. The smallest absolute Gasteiger partial charge is 0.341 e. The number of nitrogens with zero attached hydrogens (tertiary/aromatic N) is 1. The number of hydrogen-bond acceptors (Lipinski definition) is 7. The number of esters is 1. The molecule has 3 rings (SSSR count). The third-order valence-corrected chi connectivity index (χ3v) is 6.13. The summed E-state index contributed by atoms with van der Waals surface area (Å²) in [4.78, 5) is 36.6. The fourth-order valence-corrected chi connectivity index (χ4v) is 4.78. The van der Waals surface area contributed by atoms with E-state index >= 15 is 0 Å². The van der Waals surface area contributed by atoms with E-state index in [2.05, 4.69) is 12.2 Å². The van der Waals surface area contributed by atoms with Crippen LogP contribution < -0.4 is 10.1 Å². The second-order valence-electron chi connectivity index (χ2n) is 7.28. The van der Waals surface area contributed by atoms with E-state index in [4.69, 9.17) is 9.47 Å². The molecule has 1 heterocycles. The topological polar surface area (TPSA) is 108 Å². The maximum absolute atomic E-state index is 12.7. The van der Waals surface area contributed by atoms with Gasteiger partial charge in [-0.3, -0.25) is 14.9 Å². The van der Waals surface area contributed by atoms with Crippen LogP contribution in [0.3, 0.4) is 0 Å². The number of benzene rings is 1. The van der Waals surface area contributed by atoms with Gasteiger partial charge in [0.05, 0.1) is 17.1 Å². The SMILES string of the molecule is CCOC(=O)c1c(NC(=O)C(C)Oc2ccc([N+](=O)[O-])cc2)sc2c1CCC(C)C2. The number of nitro groups is 1. The Hall–Kier alpha value is -2.94. The van der Waals surface area contributed by atoms with Crippen molar-refractivity contribution in [1.29, 1.82) is 0 Å². The summed E-state index contributed by atoms with van der Waals surface area (Å²) >= 11 is 1.41. The molecule has 9 heteroatoms. The van der Waals surface area contributed by atoms with E-state index in [0.29, 0.717) is 22.2 Å². The van der Waals surface area contributed by atoms with Crippen molar-refractivity contribution < 1.29 is 24.0 Å². The minimum Gasteiger partial charge on any atom is -0.481 e. The number of rotatable bonds is 7. The average Bonchev–Trinajstić information content (AvgIpc) is 3.05. The maximum atomic E-state index is 12.7. The maximum Gasteiger partial charge on any atom is 0.341 e. The summed E-state index contributed by atoms with van der Waals surface area (Å²) in [7, 11) is 0. The molecule has 2 aromatic rings. The second-order valence-corrected chi connectivity index (χ2v) is 8.38. The van der Waals surface area contributed by atoms with Gasteiger partial charge < -0.3 is 14.8 Å². The average molecular weight is 432 g/mol. The minimum atomic E-state index is -0.862. The van der Waals surface area contributed by atoms with Crippen molar-refractivity contribution in [3.05, 3.63) is 50.4 Å². The predicted octanol–water partition coefficient (Wildman–Crippen LogP) is 4.36. The summed E-state index contributed by atoms with van der Waals surface area (Å²) in [6, 6.07) is 5.51. The molecule has 1 aliphatic rings. The van der Waals surface area contributed by atoms with E-state index in [-0.39, 0.29) is 12.3 Å². The van der Waals surface area contributed by atoms with Crippen molar-refractivity contribution in [2.75, 3.05) is 11.9 Å². The van der Waals surface area contributed by atoms with Gasteiger partial charge in [-0.25, -0.2) is 4.79 Å². The second kappa shape index (κ2) is 9.25. The highest BCUT2D eigenvalue weighted by molar-refractivity contribution is 7.17. The lowest BCUT2D eigenvalue weighted by Crippen LogP contribution is -2.30. The zero-order valence-corrected chi connectivity index (χ0v) is 17.9. The van der Waals surface area contributed by atoms with E-state index < -0.39 is 22.9 Å². The van der Waals surface area contributed by atoms with Crippen LogP contribution in [0.25, 0.3) is 0 Å². The number of ether oxygens (including phenoxy) is 2. The van der Waals surface area contributed by atoms with Gasteiger partial charge in [-0.05, 0) is 56.7 Å². The van der Waals surface area contributed by atoms with Crippen LogP contribution in [-0.2, 0) is 22.4 Å². The van der Waals surface area contributed by atoms with Crippen LogP contribution in [-0.4, -0.2) is 29.5 Å². The van der Waals surface area contributed by atoms with Gasteiger partial charge in [-0.2, -0.15) is 0 Å². The van der Waals surface area contributed by atoms with Gasteiger partial charge >= 0.3 is 5.97 Å². The molecule has 0 saturated carbocycles. The van der Waals surface area contributed by atoms with Gasteiger partial charge in [0.15, 0.2) is 6.10 Å². The highest BCUT2D eigenvalue weighted by atomic mass is 32.1. The Kier molecular flexibility index (Phi) is 6.71. The lowest BCUT2D eigenvalue weighted by Gasteiger charge is -2.18. The number of amides is 1. The summed E-state index contributed by atoms with van der Waals surface area (Å²) in [5, 5.41) is 14.0. The largest absolute Gasteiger partial charge is 0.481 e. The van der Waals surface area contributed by atoms with E-state index in [1.54, 1.807) is 13.8 Å². The van der Waals surface area contributed by atoms with E-state index in [0.717, 1.165) is 29.7 Å². The van der Waals surface area contributed by atoms with Crippen LogP contribution >= 0.6 is 11.3 Å². The van der Waals surface area contributed by atoms with Crippen molar-refractivity contribution in [1.82, 2.24) is 0 Å². The Morgan fingerprint density at radius 2 is 2.03 bits per heavy atom. The van der Waals surface area contributed by atoms with E-state index in [1.165, 1.54) is 35.6 Å². The number of nitro benzene ring substituents is 1. The lowest BCUT2D eigenvalue weighted by molar-refractivity contribution is -0.384. The lowest BCUT2D eigenvalue weighted by atomic mass is 9.88. The van der Waals surface area contributed by atoms with Gasteiger partial charge in [-0.1, -0.05) is 6.92 Å². The van der Waals surface area contributed by atoms with Crippen molar-refractivity contribution in [3.63, 3.8) is 0 Å². The Bertz CT molecular complexity index is 953. The minimum absolute atomic E-state index is 0.0584.